The van der Waals surface area contributed by atoms with Crippen LogP contribution in [0.2, 0.25) is 0 Å². The molecule has 1 saturated heterocycles. The molecule has 1 aromatic heterocycles. The summed E-state index contributed by atoms with van der Waals surface area (Å²) in [5.74, 6) is 0.297. The van der Waals surface area contributed by atoms with Gasteiger partial charge in [0.25, 0.3) is 0 Å². The van der Waals surface area contributed by atoms with Gasteiger partial charge in [0, 0.05) is 23.9 Å². The number of aryl methyl sites for hydroxylation is 1. The van der Waals surface area contributed by atoms with Crippen LogP contribution in [-0.4, -0.2) is 39.8 Å². The Kier molecular flexibility index (Phi) is 2.85. The molecule has 6 nitrogen and oxygen atoms in total. The topological polar surface area (TPSA) is 85.7 Å². The van der Waals surface area contributed by atoms with E-state index >= 15 is 0 Å². The van der Waals surface area contributed by atoms with Gasteiger partial charge in [0.15, 0.2) is 6.23 Å². The van der Waals surface area contributed by atoms with Gasteiger partial charge in [-0.25, -0.2) is 4.98 Å². The van der Waals surface area contributed by atoms with E-state index in [2.05, 4.69) is 10.3 Å². The predicted molar refractivity (Wildman–Crippen MR) is 81.3 cm³/mol. The van der Waals surface area contributed by atoms with Crippen LogP contribution in [0.25, 0.3) is 10.9 Å². The number of hydrogen-bond donors (Lipinski definition) is 3. The Morgan fingerprint density at radius 2 is 2.14 bits per heavy atom. The van der Waals surface area contributed by atoms with Gasteiger partial charge in [-0.05, 0) is 25.1 Å². The largest absolute Gasteiger partial charge is 0.391 e. The number of carbonyl (C=O) groups excluding carboxylic acids is 1. The van der Waals surface area contributed by atoms with Crippen molar-refractivity contribution in [2.75, 3.05) is 11.4 Å². The molecule has 22 heavy (non-hydrogen) atoms. The molecule has 3 N–H and O–H groups in total. The maximum atomic E-state index is 12.2. The van der Waals surface area contributed by atoms with Crippen molar-refractivity contribution in [3.05, 3.63) is 35.4 Å². The number of aromatic nitrogens is 1. The minimum absolute atomic E-state index is 0.276. The third-order valence-electron chi connectivity index (χ3n) is 4.41. The van der Waals surface area contributed by atoms with Crippen molar-refractivity contribution in [2.24, 2.45) is 0 Å². The third kappa shape index (κ3) is 1.95. The number of aliphatic hydroxyl groups is 2. The van der Waals surface area contributed by atoms with Gasteiger partial charge in [-0.2, -0.15) is 0 Å². The van der Waals surface area contributed by atoms with Crippen LogP contribution in [0.15, 0.2) is 24.3 Å². The first-order valence-corrected chi connectivity index (χ1v) is 7.37. The molecule has 2 aliphatic heterocycles. The van der Waals surface area contributed by atoms with Gasteiger partial charge in [-0.3, -0.25) is 4.79 Å². The summed E-state index contributed by atoms with van der Waals surface area (Å²) in [5, 5.41) is 23.7. The van der Waals surface area contributed by atoms with Gasteiger partial charge >= 0.3 is 0 Å². The summed E-state index contributed by atoms with van der Waals surface area (Å²) in [6.45, 7) is 2.35. The molecule has 0 radical (unpaired) electrons. The minimum Gasteiger partial charge on any atom is -0.391 e. The SMILES string of the molecule is Cc1ccc2nc3c(cc2c1)C(O)NC(=O)C1CC(O)CN31. The zero-order valence-electron chi connectivity index (χ0n) is 12.2. The van der Waals surface area contributed by atoms with Crippen LogP contribution in [-0.2, 0) is 4.79 Å². The van der Waals surface area contributed by atoms with Crippen LogP contribution in [0.5, 0.6) is 0 Å². The van der Waals surface area contributed by atoms with E-state index in [4.69, 9.17) is 0 Å². The number of carbonyl (C=O) groups is 1. The van der Waals surface area contributed by atoms with Crippen LogP contribution < -0.4 is 10.2 Å². The van der Waals surface area contributed by atoms with Crippen LogP contribution in [0, 0.1) is 6.92 Å². The van der Waals surface area contributed by atoms with Crippen LogP contribution in [0.3, 0.4) is 0 Å². The number of benzene rings is 1. The fourth-order valence-corrected chi connectivity index (χ4v) is 3.34. The van der Waals surface area contributed by atoms with E-state index in [0.717, 1.165) is 16.5 Å². The van der Waals surface area contributed by atoms with Crippen molar-refractivity contribution in [3.63, 3.8) is 0 Å². The van der Waals surface area contributed by atoms with E-state index in [9.17, 15) is 15.0 Å². The number of rotatable bonds is 0. The molecule has 3 heterocycles. The van der Waals surface area contributed by atoms with E-state index in [0.29, 0.717) is 24.3 Å². The second kappa shape index (κ2) is 4.66. The Morgan fingerprint density at radius 3 is 2.95 bits per heavy atom. The first-order valence-electron chi connectivity index (χ1n) is 7.37. The van der Waals surface area contributed by atoms with Gasteiger partial charge in [0.05, 0.1) is 11.6 Å². The Balaban J connectivity index is 1.94. The van der Waals surface area contributed by atoms with Crippen LogP contribution in [0.1, 0.15) is 23.8 Å². The lowest BCUT2D eigenvalue weighted by atomic mass is 10.1. The molecule has 3 atom stereocenters. The number of anilines is 1. The van der Waals surface area contributed by atoms with E-state index in [1.54, 1.807) is 4.90 Å². The summed E-state index contributed by atoms with van der Waals surface area (Å²) >= 11 is 0. The number of pyridine rings is 1. The number of nitrogens with one attached hydrogen (secondary N) is 1. The zero-order chi connectivity index (χ0) is 15.4. The Hall–Kier alpha value is -2.18. The summed E-state index contributed by atoms with van der Waals surface area (Å²) in [6.07, 6.45) is -1.29. The fourth-order valence-electron chi connectivity index (χ4n) is 3.34. The Labute approximate surface area is 127 Å². The monoisotopic (exact) mass is 299 g/mol. The first kappa shape index (κ1) is 13.5. The number of hydrogen-bond acceptors (Lipinski definition) is 5. The third-order valence-corrected chi connectivity index (χ3v) is 4.41. The first-order chi connectivity index (χ1) is 10.5. The fraction of sp³-hybridized carbons (Fsp3) is 0.375. The molecular weight excluding hydrogens is 282 g/mol. The van der Waals surface area contributed by atoms with Crippen molar-refractivity contribution in [1.29, 1.82) is 0 Å². The molecule has 1 amide bonds. The van der Waals surface area contributed by atoms with Crippen molar-refractivity contribution in [1.82, 2.24) is 10.3 Å². The van der Waals surface area contributed by atoms with E-state index < -0.39 is 18.4 Å². The number of nitrogens with zero attached hydrogens (tertiary/aromatic N) is 2. The lowest BCUT2D eigenvalue weighted by Crippen LogP contribution is -2.41. The highest BCUT2D eigenvalue weighted by molar-refractivity contribution is 5.90. The smallest absolute Gasteiger partial charge is 0.245 e. The maximum Gasteiger partial charge on any atom is 0.245 e. The van der Waals surface area contributed by atoms with Gasteiger partial charge in [-0.1, -0.05) is 11.6 Å². The minimum atomic E-state index is -1.08. The van der Waals surface area contributed by atoms with Crippen molar-refractivity contribution >= 4 is 22.6 Å². The van der Waals surface area contributed by atoms with Crippen LogP contribution in [0.4, 0.5) is 5.82 Å². The van der Waals surface area contributed by atoms with E-state index in [-0.39, 0.29) is 5.91 Å². The molecule has 0 spiro atoms. The average Bonchev–Trinajstić information content (AvgIpc) is 2.84. The highest BCUT2D eigenvalue weighted by atomic mass is 16.3. The van der Waals surface area contributed by atoms with Gasteiger partial charge in [0.2, 0.25) is 5.91 Å². The molecule has 2 aromatic rings. The number of aliphatic hydroxyl groups excluding tert-OH is 2. The summed E-state index contributed by atoms with van der Waals surface area (Å²) in [7, 11) is 0. The number of fused-ring (bicyclic) bond motifs is 4. The summed E-state index contributed by atoms with van der Waals surface area (Å²) in [5.41, 5.74) is 2.49. The van der Waals surface area contributed by atoms with Crippen molar-refractivity contribution in [3.8, 4) is 0 Å². The summed E-state index contributed by atoms with van der Waals surface area (Å²) < 4.78 is 0. The van der Waals surface area contributed by atoms with Crippen molar-refractivity contribution in [2.45, 2.75) is 31.7 Å². The predicted octanol–water partition coefficient (Wildman–Crippen LogP) is 0.604. The van der Waals surface area contributed by atoms with Gasteiger partial charge in [-0.15, -0.1) is 0 Å². The van der Waals surface area contributed by atoms with Crippen LogP contribution >= 0.6 is 0 Å². The highest BCUT2D eigenvalue weighted by Crippen LogP contribution is 2.35. The summed E-state index contributed by atoms with van der Waals surface area (Å²) in [4.78, 5) is 18.7. The molecule has 114 valence electrons. The average molecular weight is 299 g/mol. The molecule has 3 unspecified atom stereocenters. The van der Waals surface area contributed by atoms with Gasteiger partial charge < -0.3 is 20.4 Å². The normalized spacial score (nSPS) is 27.3. The molecular formula is C16H17N3O3. The van der Waals surface area contributed by atoms with E-state index in [1.165, 1.54) is 0 Å². The molecule has 4 rings (SSSR count). The molecule has 2 aliphatic rings. The second-order valence-corrected chi connectivity index (χ2v) is 6.07. The highest BCUT2D eigenvalue weighted by Gasteiger charge is 2.41. The maximum absolute atomic E-state index is 12.2. The van der Waals surface area contributed by atoms with E-state index in [1.807, 2.05) is 31.2 Å². The molecule has 0 aliphatic carbocycles. The van der Waals surface area contributed by atoms with Crippen molar-refractivity contribution < 1.29 is 15.0 Å². The molecule has 1 aromatic carbocycles. The summed E-state index contributed by atoms with van der Waals surface area (Å²) in [6, 6.07) is 7.29. The zero-order valence-corrected chi connectivity index (χ0v) is 12.2. The molecule has 6 heteroatoms. The quantitative estimate of drug-likeness (QED) is 0.663. The lowest BCUT2D eigenvalue weighted by Gasteiger charge is -2.23. The lowest BCUT2D eigenvalue weighted by molar-refractivity contribution is -0.125. The van der Waals surface area contributed by atoms with Gasteiger partial charge in [0.1, 0.15) is 11.9 Å². The molecule has 0 saturated carbocycles. The number of amides is 1. The second-order valence-electron chi connectivity index (χ2n) is 6.07. The molecule has 1 fully saturated rings. The Bertz CT molecular complexity index is 777. The standard InChI is InChI=1S/C16H17N3O3/c1-8-2-3-12-9(4-8)5-11-14(17-12)19-7-10(20)6-13(19)16(22)18-15(11)21/h2-5,10,13,15,20-21H,6-7H2,1H3,(H,18,22). The molecule has 0 bridgehead atoms. The Morgan fingerprint density at radius 1 is 1.32 bits per heavy atom.